The molecule has 0 unspecified atom stereocenters. The molecule has 0 aliphatic rings. The van der Waals surface area contributed by atoms with Crippen LogP contribution in [0, 0.1) is 5.41 Å². The molecule has 78 valence electrons. The standard InChI is InChI=1S/C7H7BrIN3.C2H6/c1-4(10)5-2-7(8)11-3-6(5)12-9;1-2/h2-3,10,12H,1H3;1-2H3. The molecule has 0 aliphatic heterocycles. The van der Waals surface area contributed by atoms with Crippen molar-refractivity contribution in [3.8, 4) is 0 Å². The maximum Gasteiger partial charge on any atom is 0.106 e. The van der Waals surface area contributed by atoms with Gasteiger partial charge in [0.25, 0.3) is 0 Å². The molecule has 1 aromatic rings. The third kappa shape index (κ3) is 3.91. The number of anilines is 1. The van der Waals surface area contributed by atoms with Gasteiger partial charge in [-0.25, -0.2) is 4.98 Å². The van der Waals surface area contributed by atoms with Gasteiger partial charge >= 0.3 is 0 Å². The minimum atomic E-state index is 0.525. The first-order valence-corrected chi connectivity index (χ1v) is 6.10. The van der Waals surface area contributed by atoms with E-state index in [-0.39, 0.29) is 0 Å². The molecule has 1 heterocycles. The monoisotopic (exact) mass is 369 g/mol. The predicted molar refractivity (Wildman–Crippen MR) is 73.4 cm³/mol. The van der Waals surface area contributed by atoms with E-state index in [2.05, 4.69) is 24.4 Å². The number of rotatable bonds is 2. The van der Waals surface area contributed by atoms with Crippen molar-refractivity contribution in [3.05, 3.63) is 22.4 Å². The minimum Gasteiger partial charge on any atom is -0.327 e. The Morgan fingerprint density at radius 2 is 2.14 bits per heavy atom. The molecule has 1 rings (SSSR count). The van der Waals surface area contributed by atoms with E-state index in [4.69, 9.17) is 5.41 Å². The molecule has 0 saturated heterocycles. The lowest BCUT2D eigenvalue weighted by Gasteiger charge is -2.05. The molecule has 0 aromatic carbocycles. The Balaban J connectivity index is 0.000000791. The number of aromatic nitrogens is 1. The van der Waals surface area contributed by atoms with Crippen LogP contribution in [0.25, 0.3) is 0 Å². The van der Waals surface area contributed by atoms with Gasteiger partial charge in [0, 0.05) is 11.3 Å². The summed E-state index contributed by atoms with van der Waals surface area (Å²) >= 11 is 5.28. The molecular formula is C9H13BrIN3. The SMILES string of the molecule is CC.CC(=N)c1cc(Br)ncc1NI. The Labute approximate surface area is 107 Å². The van der Waals surface area contributed by atoms with E-state index < -0.39 is 0 Å². The average Bonchev–Trinajstić information content (AvgIpc) is 2.20. The van der Waals surface area contributed by atoms with Gasteiger partial charge in [-0.15, -0.1) is 0 Å². The smallest absolute Gasteiger partial charge is 0.106 e. The molecule has 3 nitrogen and oxygen atoms in total. The van der Waals surface area contributed by atoms with Crippen molar-refractivity contribution < 1.29 is 0 Å². The summed E-state index contributed by atoms with van der Waals surface area (Å²) in [5, 5.41) is 7.48. The second-order valence-electron chi connectivity index (χ2n) is 2.27. The van der Waals surface area contributed by atoms with Crippen molar-refractivity contribution in [2.45, 2.75) is 20.8 Å². The molecule has 2 N–H and O–H groups in total. The molecule has 0 fully saturated rings. The van der Waals surface area contributed by atoms with Gasteiger partial charge in [-0.1, -0.05) is 13.8 Å². The summed E-state index contributed by atoms with van der Waals surface area (Å²) in [4.78, 5) is 4.05. The van der Waals surface area contributed by atoms with Crippen LogP contribution in [0.5, 0.6) is 0 Å². The Hall–Kier alpha value is -0.170. The second kappa shape index (κ2) is 7.17. The van der Waals surface area contributed by atoms with Crippen LogP contribution in [0.4, 0.5) is 5.69 Å². The maximum absolute atomic E-state index is 7.48. The molecule has 0 atom stereocenters. The first-order valence-electron chi connectivity index (χ1n) is 4.23. The summed E-state index contributed by atoms with van der Waals surface area (Å²) in [5.41, 5.74) is 2.26. The Morgan fingerprint density at radius 1 is 1.57 bits per heavy atom. The number of pyridine rings is 1. The summed E-state index contributed by atoms with van der Waals surface area (Å²) in [6, 6.07) is 1.82. The van der Waals surface area contributed by atoms with E-state index >= 15 is 0 Å². The van der Waals surface area contributed by atoms with Crippen molar-refractivity contribution in [1.82, 2.24) is 4.98 Å². The van der Waals surface area contributed by atoms with E-state index in [0.717, 1.165) is 15.9 Å². The molecule has 1 aromatic heterocycles. The molecule has 0 radical (unpaired) electrons. The highest BCUT2D eigenvalue weighted by Gasteiger charge is 2.04. The van der Waals surface area contributed by atoms with E-state index in [9.17, 15) is 0 Å². The molecule has 14 heavy (non-hydrogen) atoms. The maximum atomic E-state index is 7.48. The van der Waals surface area contributed by atoms with Crippen LogP contribution in [0.2, 0.25) is 0 Å². The fourth-order valence-electron chi connectivity index (χ4n) is 0.815. The van der Waals surface area contributed by atoms with Crippen LogP contribution in [-0.4, -0.2) is 10.7 Å². The summed E-state index contributed by atoms with van der Waals surface area (Å²) in [7, 11) is 0. The summed E-state index contributed by atoms with van der Waals surface area (Å²) in [6.45, 7) is 5.75. The number of nitrogens with zero attached hydrogens (tertiary/aromatic N) is 1. The zero-order valence-electron chi connectivity index (χ0n) is 8.36. The zero-order chi connectivity index (χ0) is 11.1. The molecule has 0 amide bonds. The predicted octanol–water partition coefficient (Wildman–Crippen LogP) is 4.02. The fourth-order valence-corrected chi connectivity index (χ4v) is 1.58. The van der Waals surface area contributed by atoms with Gasteiger partial charge in [0.2, 0.25) is 0 Å². The summed E-state index contributed by atoms with van der Waals surface area (Å²) in [6.07, 6.45) is 1.70. The lowest BCUT2D eigenvalue weighted by atomic mass is 10.1. The fraction of sp³-hybridized carbons (Fsp3) is 0.333. The van der Waals surface area contributed by atoms with Gasteiger partial charge in [0.15, 0.2) is 0 Å². The van der Waals surface area contributed by atoms with Gasteiger partial charge in [0.05, 0.1) is 34.7 Å². The number of nitrogens with one attached hydrogen (secondary N) is 2. The van der Waals surface area contributed by atoms with Gasteiger partial charge in [0.1, 0.15) is 4.60 Å². The van der Waals surface area contributed by atoms with Crippen molar-refractivity contribution in [1.29, 1.82) is 5.41 Å². The Kier molecular flexibility index (Phi) is 7.08. The van der Waals surface area contributed by atoms with Crippen LogP contribution < -0.4 is 3.53 Å². The van der Waals surface area contributed by atoms with E-state index in [0.29, 0.717) is 5.71 Å². The van der Waals surface area contributed by atoms with Crippen LogP contribution >= 0.6 is 38.8 Å². The van der Waals surface area contributed by atoms with Crippen LogP contribution in [0.3, 0.4) is 0 Å². The minimum absolute atomic E-state index is 0.525. The summed E-state index contributed by atoms with van der Waals surface area (Å²) < 4.78 is 3.70. The molecule has 5 heteroatoms. The third-order valence-electron chi connectivity index (χ3n) is 1.38. The average molecular weight is 370 g/mol. The highest BCUT2D eigenvalue weighted by Crippen LogP contribution is 2.19. The van der Waals surface area contributed by atoms with Crippen molar-refractivity contribution in [2.24, 2.45) is 0 Å². The Bertz CT molecular complexity index is 315. The lowest BCUT2D eigenvalue weighted by molar-refractivity contribution is 1.27. The number of hydrogen-bond donors (Lipinski definition) is 2. The highest BCUT2D eigenvalue weighted by molar-refractivity contribution is 14.1. The summed E-state index contributed by atoms with van der Waals surface area (Å²) in [5.74, 6) is 0. The van der Waals surface area contributed by atoms with Crippen LogP contribution in [-0.2, 0) is 0 Å². The largest absolute Gasteiger partial charge is 0.327 e. The molecule has 0 bridgehead atoms. The lowest BCUT2D eigenvalue weighted by Crippen LogP contribution is -1.98. The van der Waals surface area contributed by atoms with Crippen molar-refractivity contribution in [2.75, 3.05) is 3.53 Å². The number of halogens is 2. The van der Waals surface area contributed by atoms with Crippen molar-refractivity contribution in [3.63, 3.8) is 0 Å². The van der Waals surface area contributed by atoms with Crippen LogP contribution in [0.15, 0.2) is 16.9 Å². The van der Waals surface area contributed by atoms with Gasteiger partial charge in [-0.05, 0) is 28.9 Å². The topological polar surface area (TPSA) is 48.8 Å². The van der Waals surface area contributed by atoms with Gasteiger partial charge in [-0.3, -0.25) is 0 Å². The second-order valence-corrected chi connectivity index (χ2v) is 3.62. The zero-order valence-corrected chi connectivity index (χ0v) is 12.1. The first-order chi connectivity index (χ1) is 6.65. The Morgan fingerprint density at radius 3 is 2.57 bits per heavy atom. The normalized spacial score (nSPS) is 8.64. The van der Waals surface area contributed by atoms with Crippen LogP contribution in [0.1, 0.15) is 26.3 Å². The quantitative estimate of drug-likeness (QED) is 0.358. The van der Waals surface area contributed by atoms with E-state index in [1.165, 1.54) is 0 Å². The molecular weight excluding hydrogens is 357 g/mol. The van der Waals surface area contributed by atoms with Gasteiger partial charge < -0.3 is 8.94 Å². The molecule has 0 saturated carbocycles. The van der Waals surface area contributed by atoms with E-state index in [1.807, 2.05) is 42.8 Å². The highest BCUT2D eigenvalue weighted by atomic mass is 127. The number of hydrogen-bond acceptors (Lipinski definition) is 3. The van der Waals surface area contributed by atoms with Gasteiger partial charge in [-0.2, -0.15) is 0 Å². The molecule has 0 spiro atoms. The third-order valence-corrected chi connectivity index (χ3v) is 2.39. The van der Waals surface area contributed by atoms with E-state index in [1.54, 1.807) is 13.1 Å². The van der Waals surface area contributed by atoms with Crippen molar-refractivity contribution >= 4 is 50.2 Å². The molecule has 0 aliphatic carbocycles. The first kappa shape index (κ1) is 13.8.